The zero-order valence-electron chi connectivity index (χ0n) is 11.5. The summed E-state index contributed by atoms with van der Waals surface area (Å²) >= 11 is 0. The SMILES string of the molecule is Cn1cc(C=CC(=O)Nc2cccc3ncccc23)cn1. The molecule has 0 aliphatic rings. The van der Waals surface area contributed by atoms with Gasteiger partial charge in [-0.15, -0.1) is 0 Å². The topological polar surface area (TPSA) is 59.8 Å². The Hall–Kier alpha value is -2.95. The van der Waals surface area contributed by atoms with Crippen molar-refractivity contribution in [3.05, 3.63) is 60.6 Å². The molecule has 2 aromatic heterocycles. The quantitative estimate of drug-likeness (QED) is 0.749. The first-order valence-electron chi connectivity index (χ1n) is 6.54. The summed E-state index contributed by atoms with van der Waals surface area (Å²) in [5.74, 6) is -0.185. The Kier molecular flexibility index (Phi) is 3.47. The lowest BCUT2D eigenvalue weighted by Gasteiger charge is -2.05. The third-order valence-corrected chi connectivity index (χ3v) is 3.06. The van der Waals surface area contributed by atoms with E-state index in [1.807, 2.05) is 43.6 Å². The average molecular weight is 278 g/mol. The van der Waals surface area contributed by atoms with Gasteiger partial charge in [-0.1, -0.05) is 6.07 Å². The van der Waals surface area contributed by atoms with Crippen molar-refractivity contribution in [2.75, 3.05) is 5.32 Å². The maximum absolute atomic E-state index is 12.0. The molecule has 0 saturated heterocycles. The van der Waals surface area contributed by atoms with Crippen molar-refractivity contribution < 1.29 is 4.79 Å². The van der Waals surface area contributed by atoms with Gasteiger partial charge in [-0.05, 0) is 30.3 Å². The fourth-order valence-corrected chi connectivity index (χ4v) is 2.08. The summed E-state index contributed by atoms with van der Waals surface area (Å²) in [5.41, 5.74) is 2.49. The minimum absolute atomic E-state index is 0.185. The predicted octanol–water partition coefficient (Wildman–Crippen LogP) is 2.62. The van der Waals surface area contributed by atoms with Crippen molar-refractivity contribution in [3.63, 3.8) is 0 Å². The van der Waals surface area contributed by atoms with E-state index < -0.39 is 0 Å². The highest BCUT2D eigenvalue weighted by Crippen LogP contribution is 2.21. The van der Waals surface area contributed by atoms with Gasteiger partial charge in [0.25, 0.3) is 0 Å². The molecule has 3 aromatic rings. The van der Waals surface area contributed by atoms with Gasteiger partial charge in [0.15, 0.2) is 0 Å². The number of rotatable bonds is 3. The van der Waals surface area contributed by atoms with E-state index in [0.29, 0.717) is 0 Å². The summed E-state index contributed by atoms with van der Waals surface area (Å²) in [6, 6.07) is 9.43. The first-order chi connectivity index (χ1) is 10.2. The van der Waals surface area contributed by atoms with Gasteiger partial charge in [0.05, 0.1) is 17.4 Å². The van der Waals surface area contributed by atoms with Crippen LogP contribution in [0.25, 0.3) is 17.0 Å². The number of nitrogens with one attached hydrogen (secondary N) is 1. The summed E-state index contributed by atoms with van der Waals surface area (Å²) < 4.78 is 1.69. The lowest BCUT2D eigenvalue weighted by Crippen LogP contribution is -2.08. The van der Waals surface area contributed by atoms with E-state index in [-0.39, 0.29) is 5.91 Å². The predicted molar refractivity (Wildman–Crippen MR) is 82.6 cm³/mol. The Bertz CT molecular complexity index is 815. The molecule has 104 valence electrons. The number of pyridine rings is 1. The Balaban J connectivity index is 1.79. The van der Waals surface area contributed by atoms with Crippen LogP contribution >= 0.6 is 0 Å². The smallest absolute Gasteiger partial charge is 0.248 e. The second-order valence-electron chi connectivity index (χ2n) is 4.65. The minimum atomic E-state index is -0.185. The number of anilines is 1. The molecule has 0 fully saturated rings. The van der Waals surface area contributed by atoms with Gasteiger partial charge in [-0.3, -0.25) is 14.5 Å². The highest BCUT2D eigenvalue weighted by Gasteiger charge is 2.03. The van der Waals surface area contributed by atoms with Crippen LogP contribution < -0.4 is 5.32 Å². The van der Waals surface area contributed by atoms with E-state index in [4.69, 9.17) is 0 Å². The van der Waals surface area contributed by atoms with Crippen LogP contribution in [0.5, 0.6) is 0 Å². The Morgan fingerprint density at radius 3 is 3.00 bits per heavy atom. The molecule has 1 aromatic carbocycles. The average Bonchev–Trinajstić information content (AvgIpc) is 2.91. The van der Waals surface area contributed by atoms with Crippen LogP contribution in [0.4, 0.5) is 5.69 Å². The molecule has 0 aliphatic carbocycles. The van der Waals surface area contributed by atoms with Gasteiger partial charge >= 0.3 is 0 Å². The molecule has 0 saturated carbocycles. The molecule has 0 bridgehead atoms. The van der Waals surface area contributed by atoms with Gasteiger partial charge in [0, 0.05) is 36.5 Å². The molecule has 2 heterocycles. The van der Waals surface area contributed by atoms with Crippen molar-refractivity contribution in [1.82, 2.24) is 14.8 Å². The van der Waals surface area contributed by atoms with Crippen molar-refractivity contribution >= 4 is 28.6 Å². The van der Waals surface area contributed by atoms with Crippen LogP contribution in [0.3, 0.4) is 0 Å². The number of nitrogens with zero attached hydrogens (tertiary/aromatic N) is 3. The monoisotopic (exact) mass is 278 g/mol. The molecule has 1 N–H and O–H groups in total. The maximum atomic E-state index is 12.0. The molecule has 0 spiro atoms. The highest BCUT2D eigenvalue weighted by molar-refractivity contribution is 6.06. The summed E-state index contributed by atoms with van der Waals surface area (Å²) in [6.07, 6.45) is 8.49. The summed E-state index contributed by atoms with van der Waals surface area (Å²) in [6.45, 7) is 0. The second kappa shape index (κ2) is 5.58. The van der Waals surface area contributed by atoms with E-state index >= 15 is 0 Å². The third-order valence-electron chi connectivity index (χ3n) is 3.06. The molecular formula is C16H14N4O. The molecule has 0 aliphatic heterocycles. The fourth-order valence-electron chi connectivity index (χ4n) is 2.08. The van der Waals surface area contributed by atoms with E-state index in [1.54, 1.807) is 23.2 Å². The van der Waals surface area contributed by atoms with Crippen molar-refractivity contribution in [3.8, 4) is 0 Å². The number of aromatic nitrogens is 3. The van der Waals surface area contributed by atoms with Gasteiger partial charge in [0.2, 0.25) is 5.91 Å². The molecule has 5 heteroatoms. The number of aryl methyl sites for hydroxylation is 1. The number of fused-ring (bicyclic) bond motifs is 1. The molecule has 5 nitrogen and oxygen atoms in total. The van der Waals surface area contributed by atoms with Crippen LogP contribution in [0.1, 0.15) is 5.56 Å². The number of carbonyl (C=O) groups is 1. The Labute approximate surface area is 121 Å². The van der Waals surface area contributed by atoms with E-state index in [9.17, 15) is 4.79 Å². The molecule has 0 unspecified atom stereocenters. The van der Waals surface area contributed by atoms with Gasteiger partial charge < -0.3 is 5.32 Å². The van der Waals surface area contributed by atoms with Crippen LogP contribution in [0.15, 0.2) is 55.0 Å². The van der Waals surface area contributed by atoms with Gasteiger partial charge in [-0.25, -0.2) is 0 Å². The molecule has 3 rings (SSSR count). The normalized spacial score (nSPS) is 11.1. The number of benzene rings is 1. The highest BCUT2D eigenvalue weighted by atomic mass is 16.1. The summed E-state index contributed by atoms with van der Waals surface area (Å²) in [4.78, 5) is 16.3. The molecule has 0 radical (unpaired) electrons. The number of carbonyl (C=O) groups excluding carboxylic acids is 1. The van der Waals surface area contributed by atoms with Crippen LogP contribution in [-0.2, 0) is 11.8 Å². The Morgan fingerprint density at radius 2 is 2.19 bits per heavy atom. The fraction of sp³-hybridized carbons (Fsp3) is 0.0625. The molecule has 1 amide bonds. The van der Waals surface area contributed by atoms with Crippen molar-refractivity contribution in [1.29, 1.82) is 0 Å². The lowest BCUT2D eigenvalue weighted by atomic mass is 10.2. The zero-order chi connectivity index (χ0) is 14.7. The number of hydrogen-bond donors (Lipinski definition) is 1. The first-order valence-corrected chi connectivity index (χ1v) is 6.54. The van der Waals surface area contributed by atoms with Crippen LogP contribution in [0, 0.1) is 0 Å². The van der Waals surface area contributed by atoms with E-state index in [2.05, 4.69) is 15.4 Å². The maximum Gasteiger partial charge on any atom is 0.248 e. The Morgan fingerprint density at radius 1 is 1.29 bits per heavy atom. The first kappa shape index (κ1) is 13.1. The van der Waals surface area contributed by atoms with Crippen LogP contribution in [-0.4, -0.2) is 20.7 Å². The second-order valence-corrected chi connectivity index (χ2v) is 4.65. The van der Waals surface area contributed by atoms with Crippen molar-refractivity contribution in [2.45, 2.75) is 0 Å². The van der Waals surface area contributed by atoms with Crippen molar-refractivity contribution in [2.24, 2.45) is 7.05 Å². The zero-order valence-corrected chi connectivity index (χ0v) is 11.5. The molecular weight excluding hydrogens is 264 g/mol. The van der Waals surface area contributed by atoms with Gasteiger partial charge in [-0.2, -0.15) is 5.10 Å². The largest absolute Gasteiger partial charge is 0.322 e. The molecule has 0 atom stereocenters. The number of hydrogen-bond acceptors (Lipinski definition) is 3. The number of amides is 1. The van der Waals surface area contributed by atoms with Gasteiger partial charge in [0.1, 0.15) is 0 Å². The van der Waals surface area contributed by atoms with Crippen LogP contribution in [0.2, 0.25) is 0 Å². The minimum Gasteiger partial charge on any atom is -0.322 e. The van der Waals surface area contributed by atoms with E-state index in [0.717, 1.165) is 22.2 Å². The van der Waals surface area contributed by atoms with E-state index in [1.165, 1.54) is 6.08 Å². The lowest BCUT2D eigenvalue weighted by molar-refractivity contribution is -0.111. The summed E-state index contributed by atoms with van der Waals surface area (Å²) in [5, 5.41) is 7.83. The standard InChI is InChI=1S/C16H14N4O/c1-20-11-12(10-18-20)7-8-16(21)19-15-6-2-5-14-13(15)4-3-9-17-14/h2-11H,1H3,(H,19,21). The summed E-state index contributed by atoms with van der Waals surface area (Å²) in [7, 11) is 1.83. The molecule has 21 heavy (non-hydrogen) atoms. The third kappa shape index (κ3) is 2.97.